The lowest BCUT2D eigenvalue weighted by molar-refractivity contribution is -0.131. The summed E-state index contributed by atoms with van der Waals surface area (Å²) in [5.74, 6) is 0.0518. The smallest absolute Gasteiger partial charge is 0.246 e. The molecule has 0 spiro atoms. The van der Waals surface area contributed by atoms with Crippen molar-refractivity contribution in [1.29, 1.82) is 0 Å². The molecule has 0 radical (unpaired) electrons. The highest BCUT2D eigenvalue weighted by Crippen LogP contribution is 2.29. The van der Waals surface area contributed by atoms with Crippen LogP contribution >= 0.6 is 11.3 Å². The fourth-order valence-electron chi connectivity index (χ4n) is 1.94. The van der Waals surface area contributed by atoms with Crippen molar-refractivity contribution in [1.82, 2.24) is 14.7 Å². The Hall–Kier alpha value is -1.62. The third-order valence-electron chi connectivity index (χ3n) is 2.90. The highest BCUT2D eigenvalue weighted by Gasteiger charge is 2.22. The van der Waals surface area contributed by atoms with E-state index in [4.69, 9.17) is 0 Å². The van der Waals surface area contributed by atoms with Crippen LogP contribution in [-0.4, -0.2) is 34.7 Å². The zero-order valence-electron chi connectivity index (χ0n) is 11.0. The van der Waals surface area contributed by atoms with Crippen LogP contribution in [0.3, 0.4) is 0 Å². The molecule has 1 amide bonds. The molecule has 1 atom stereocenters. The SMILES string of the molecule is Cc1cnn(C(C)C(=O)N(C)C)c1-c1cccs1. The summed E-state index contributed by atoms with van der Waals surface area (Å²) in [7, 11) is 3.53. The van der Waals surface area contributed by atoms with Crippen LogP contribution in [0.25, 0.3) is 10.6 Å². The van der Waals surface area contributed by atoms with Gasteiger partial charge in [0.2, 0.25) is 5.91 Å². The van der Waals surface area contributed by atoms with Gasteiger partial charge in [-0.15, -0.1) is 11.3 Å². The molecular weight excluding hydrogens is 246 g/mol. The van der Waals surface area contributed by atoms with Crippen LogP contribution in [0.5, 0.6) is 0 Å². The van der Waals surface area contributed by atoms with Gasteiger partial charge in [0.15, 0.2) is 0 Å². The Morgan fingerprint density at radius 1 is 1.50 bits per heavy atom. The Morgan fingerprint density at radius 3 is 2.78 bits per heavy atom. The minimum Gasteiger partial charge on any atom is -0.347 e. The summed E-state index contributed by atoms with van der Waals surface area (Å²) >= 11 is 1.66. The van der Waals surface area contributed by atoms with Crippen LogP contribution in [0.4, 0.5) is 0 Å². The second-order valence-electron chi connectivity index (χ2n) is 4.51. The normalized spacial score (nSPS) is 12.4. The van der Waals surface area contributed by atoms with Crippen molar-refractivity contribution < 1.29 is 4.79 Å². The van der Waals surface area contributed by atoms with Gasteiger partial charge in [0.1, 0.15) is 6.04 Å². The van der Waals surface area contributed by atoms with E-state index >= 15 is 0 Å². The minimum atomic E-state index is -0.286. The van der Waals surface area contributed by atoms with Crippen molar-refractivity contribution in [3.63, 3.8) is 0 Å². The summed E-state index contributed by atoms with van der Waals surface area (Å²) in [4.78, 5) is 14.8. The van der Waals surface area contributed by atoms with E-state index in [1.54, 1.807) is 30.3 Å². The Morgan fingerprint density at radius 2 is 2.22 bits per heavy atom. The van der Waals surface area contributed by atoms with E-state index in [2.05, 4.69) is 11.2 Å². The molecule has 2 heterocycles. The fraction of sp³-hybridized carbons (Fsp3) is 0.385. The van der Waals surface area contributed by atoms with Gasteiger partial charge in [0, 0.05) is 14.1 Å². The van der Waals surface area contributed by atoms with Crippen molar-refractivity contribution in [3.05, 3.63) is 29.3 Å². The molecule has 2 aromatic heterocycles. The Balaban J connectivity index is 2.44. The molecule has 18 heavy (non-hydrogen) atoms. The van der Waals surface area contributed by atoms with E-state index in [-0.39, 0.29) is 11.9 Å². The molecule has 2 rings (SSSR count). The predicted molar refractivity (Wildman–Crippen MR) is 73.7 cm³/mol. The molecule has 0 bridgehead atoms. The average Bonchev–Trinajstić information content (AvgIpc) is 2.95. The molecule has 0 aliphatic carbocycles. The molecule has 5 heteroatoms. The van der Waals surface area contributed by atoms with Gasteiger partial charge in [-0.05, 0) is 30.9 Å². The third-order valence-corrected chi connectivity index (χ3v) is 3.77. The van der Waals surface area contributed by atoms with Gasteiger partial charge in [-0.3, -0.25) is 9.48 Å². The Kier molecular flexibility index (Phi) is 3.52. The van der Waals surface area contributed by atoms with Crippen molar-refractivity contribution in [2.45, 2.75) is 19.9 Å². The fourth-order valence-corrected chi connectivity index (χ4v) is 2.77. The van der Waals surface area contributed by atoms with Crippen LogP contribution < -0.4 is 0 Å². The molecule has 2 aromatic rings. The van der Waals surface area contributed by atoms with Crippen molar-refractivity contribution in [2.24, 2.45) is 0 Å². The first kappa shape index (κ1) is 12.8. The van der Waals surface area contributed by atoms with E-state index in [1.807, 2.05) is 36.2 Å². The zero-order valence-corrected chi connectivity index (χ0v) is 11.9. The Bertz CT molecular complexity index is 543. The summed E-state index contributed by atoms with van der Waals surface area (Å²) in [6.45, 7) is 3.90. The van der Waals surface area contributed by atoms with Gasteiger partial charge in [0.05, 0.1) is 16.8 Å². The van der Waals surface area contributed by atoms with Crippen LogP contribution in [0.15, 0.2) is 23.7 Å². The van der Waals surface area contributed by atoms with E-state index < -0.39 is 0 Å². The molecule has 0 aromatic carbocycles. The second kappa shape index (κ2) is 4.94. The lowest BCUT2D eigenvalue weighted by Crippen LogP contribution is -2.30. The second-order valence-corrected chi connectivity index (χ2v) is 5.45. The number of thiophene rings is 1. The number of carbonyl (C=O) groups is 1. The van der Waals surface area contributed by atoms with Crippen LogP contribution in [0.2, 0.25) is 0 Å². The topological polar surface area (TPSA) is 38.1 Å². The quantitative estimate of drug-likeness (QED) is 0.853. The van der Waals surface area contributed by atoms with Gasteiger partial charge in [0.25, 0.3) is 0 Å². The number of aromatic nitrogens is 2. The monoisotopic (exact) mass is 263 g/mol. The summed E-state index contributed by atoms with van der Waals surface area (Å²) < 4.78 is 1.81. The molecule has 0 aliphatic heterocycles. The lowest BCUT2D eigenvalue weighted by Gasteiger charge is -2.19. The van der Waals surface area contributed by atoms with Crippen LogP contribution in [0, 0.1) is 6.92 Å². The molecule has 0 N–H and O–H groups in total. The number of amides is 1. The van der Waals surface area contributed by atoms with Gasteiger partial charge in [-0.2, -0.15) is 5.10 Å². The molecule has 96 valence electrons. The van der Waals surface area contributed by atoms with Crippen LogP contribution in [0.1, 0.15) is 18.5 Å². The third kappa shape index (κ3) is 2.18. The number of aryl methyl sites for hydroxylation is 1. The molecule has 0 saturated carbocycles. The number of nitrogens with zero attached hydrogens (tertiary/aromatic N) is 3. The predicted octanol–water partition coefficient (Wildman–Crippen LogP) is 2.57. The maximum absolute atomic E-state index is 12.0. The number of hydrogen-bond donors (Lipinski definition) is 0. The first-order valence-corrected chi connectivity index (χ1v) is 6.69. The van der Waals surface area contributed by atoms with Gasteiger partial charge < -0.3 is 4.90 Å². The van der Waals surface area contributed by atoms with Crippen LogP contribution in [-0.2, 0) is 4.79 Å². The van der Waals surface area contributed by atoms with E-state index in [0.29, 0.717) is 0 Å². The lowest BCUT2D eigenvalue weighted by atomic mass is 10.2. The maximum atomic E-state index is 12.0. The highest BCUT2D eigenvalue weighted by molar-refractivity contribution is 7.13. The molecule has 1 unspecified atom stereocenters. The van der Waals surface area contributed by atoms with Gasteiger partial charge in [-0.1, -0.05) is 6.07 Å². The van der Waals surface area contributed by atoms with Gasteiger partial charge in [-0.25, -0.2) is 0 Å². The summed E-state index contributed by atoms with van der Waals surface area (Å²) in [5.41, 5.74) is 2.13. The van der Waals surface area contributed by atoms with Gasteiger partial charge >= 0.3 is 0 Å². The number of carbonyl (C=O) groups excluding carboxylic acids is 1. The molecule has 0 fully saturated rings. The van der Waals surface area contributed by atoms with E-state index in [1.165, 1.54) is 0 Å². The van der Waals surface area contributed by atoms with E-state index in [9.17, 15) is 4.79 Å². The summed E-state index contributed by atoms with van der Waals surface area (Å²) in [5, 5.41) is 6.38. The first-order chi connectivity index (χ1) is 8.52. The molecular formula is C13H17N3OS. The molecule has 4 nitrogen and oxygen atoms in total. The molecule has 0 saturated heterocycles. The maximum Gasteiger partial charge on any atom is 0.246 e. The first-order valence-electron chi connectivity index (χ1n) is 5.81. The number of likely N-dealkylation sites (N-methyl/N-ethyl adjacent to an activating group) is 1. The standard InChI is InChI=1S/C13H17N3OS/c1-9-8-14-16(10(2)13(17)15(3)4)12(9)11-6-5-7-18-11/h5-8,10H,1-4H3. The number of hydrogen-bond acceptors (Lipinski definition) is 3. The summed E-state index contributed by atoms with van der Waals surface area (Å²) in [6, 6.07) is 3.78. The highest BCUT2D eigenvalue weighted by atomic mass is 32.1. The van der Waals surface area contributed by atoms with Crippen molar-refractivity contribution in [2.75, 3.05) is 14.1 Å². The number of rotatable bonds is 3. The zero-order chi connectivity index (χ0) is 13.3. The Labute approximate surface area is 111 Å². The average molecular weight is 263 g/mol. The van der Waals surface area contributed by atoms with E-state index in [0.717, 1.165) is 16.1 Å². The largest absolute Gasteiger partial charge is 0.347 e. The van der Waals surface area contributed by atoms with Crippen molar-refractivity contribution >= 4 is 17.2 Å². The summed E-state index contributed by atoms with van der Waals surface area (Å²) in [6.07, 6.45) is 1.81. The minimum absolute atomic E-state index is 0.0518. The molecule has 0 aliphatic rings. The van der Waals surface area contributed by atoms with Crippen molar-refractivity contribution in [3.8, 4) is 10.6 Å².